The molecule has 0 fully saturated rings. The van der Waals surface area contributed by atoms with Crippen LogP contribution < -0.4 is 10.6 Å². The lowest BCUT2D eigenvalue weighted by Crippen LogP contribution is -2.21. The lowest BCUT2D eigenvalue weighted by molar-refractivity contribution is 0.0588. The highest BCUT2D eigenvalue weighted by atomic mass is 35.5. The Kier molecular flexibility index (Phi) is 7.36. The molecule has 0 aliphatic heterocycles. The number of halogens is 4. The Balaban J connectivity index is 1.38. The minimum absolute atomic E-state index is 0.213. The molecule has 1 atom stereocenters. The van der Waals surface area contributed by atoms with Crippen molar-refractivity contribution >= 4 is 63.3 Å². The van der Waals surface area contributed by atoms with Crippen molar-refractivity contribution in [3.63, 3.8) is 0 Å². The van der Waals surface area contributed by atoms with E-state index in [1.165, 1.54) is 0 Å². The van der Waals surface area contributed by atoms with E-state index in [1.807, 2.05) is 48.5 Å². The molecule has 0 saturated heterocycles. The third kappa shape index (κ3) is 5.71. The van der Waals surface area contributed by atoms with Crippen molar-refractivity contribution in [2.45, 2.75) is 18.9 Å². The molecule has 1 heterocycles. The molecule has 0 saturated carbocycles. The Morgan fingerprint density at radius 3 is 2.16 bits per heavy atom. The molecule has 0 aliphatic carbocycles. The van der Waals surface area contributed by atoms with Crippen molar-refractivity contribution < 1.29 is 9.15 Å². The maximum atomic E-state index is 6.27. The van der Waals surface area contributed by atoms with E-state index in [2.05, 4.69) is 10.6 Å². The summed E-state index contributed by atoms with van der Waals surface area (Å²) < 4.78 is 9.82. The van der Waals surface area contributed by atoms with E-state index in [0.29, 0.717) is 26.6 Å². The van der Waals surface area contributed by atoms with E-state index in [4.69, 9.17) is 55.6 Å². The molecule has 4 nitrogen and oxygen atoms in total. The third-order valence-electron chi connectivity index (χ3n) is 5.12. The Labute approximate surface area is 200 Å². The summed E-state index contributed by atoms with van der Waals surface area (Å²) in [7, 11) is 0. The topological polar surface area (TPSA) is 50.3 Å². The largest absolute Gasteiger partial charge is 0.384 e. The summed E-state index contributed by atoms with van der Waals surface area (Å²) in [4.78, 5) is 0. The van der Waals surface area contributed by atoms with Crippen LogP contribution in [0.3, 0.4) is 0 Å². The second-order valence-corrected chi connectivity index (χ2v) is 8.92. The van der Waals surface area contributed by atoms with Gasteiger partial charge in [-0.15, -0.1) is 0 Å². The standard InChI is InChI=1S/C23H20Cl4N2O2/c24-18-4-2-15(10-20(18)26)16(13-29-17-3-5-19(25)21(27)11-17)7-8-28-12-14-1-6-22-23(9-14)31-30-22/h1-6,9-11,16,28-29H,7-8,12-13H2. The molecule has 1 unspecified atom stereocenters. The Bertz CT molecular complexity index is 1170. The summed E-state index contributed by atoms with van der Waals surface area (Å²) in [5.74, 6) is 0.213. The molecule has 4 rings (SSSR count). The minimum atomic E-state index is 0.213. The van der Waals surface area contributed by atoms with Gasteiger partial charge in [0, 0.05) is 24.7 Å². The second-order valence-electron chi connectivity index (χ2n) is 7.29. The molecule has 162 valence electrons. The van der Waals surface area contributed by atoms with Gasteiger partial charge in [-0.25, -0.2) is 0 Å². The first-order chi connectivity index (χ1) is 15.0. The number of benzene rings is 3. The summed E-state index contributed by atoms with van der Waals surface area (Å²) in [5, 5.41) is 9.09. The molecule has 4 aromatic rings. The van der Waals surface area contributed by atoms with E-state index in [9.17, 15) is 0 Å². The van der Waals surface area contributed by atoms with Crippen LogP contribution in [-0.4, -0.2) is 13.1 Å². The van der Waals surface area contributed by atoms with Crippen LogP contribution in [0.25, 0.3) is 11.2 Å². The van der Waals surface area contributed by atoms with Crippen LogP contribution in [0.1, 0.15) is 23.5 Å². The molecule has 0 amide bonds. The molecule has 8 heteroatoms. The monoisotopic (exact) mass is 496 g/mol. The van der Waals surface area contributed by atoms with Gasteiger partial charge >= 0.3 is 0 Å². The minimum Gasteiger partial charge on any atom is -0.384 e. The highest BCUT2D eigenvalue weighted by molar-refractivity contribution is 6.42. The number of rotatable bonds is 9. The van der Waals surface area contributed by atoms with Crippen molar-refractivity contribution in [1.82, 2.24) is 5.32 Å². The Hall–Kier alpha value is -1.82. The van der Waals surface area contributed by atoms with Crippen LogP contribution in [0.2, 0.25) is 20.1 Å². The van der Waals surface area contributed by atoms with Gasteiger partial charge in [0.25, 0.3) is 0 Å². The highest BCUT2D eigenvalue weighted by Gasteiger charge is 2.14. The SMILES string of the molecule is Clc1ccc(NCC(CCNCc2ccc3ooc3c2)c2ccc(Cl)c(Cl)c2)cc1Cl. The van der Waals surface area contributed by atoms with Crippen molar-refractivity contribution in [2.75, 3.05) is 18.4 Å². The predicted octanol–water partition coefficient (Wildman–Crippen LogP) is 8.02. The molecule has 2 N–H and O–H groups in total. The van der Waals surface area contributed by atoms with Crippen LogP contribution in [0.5, 0.6) is 0 Å². The van der Waals surface area contributed by atoms with Crippen LogP contribution >= 0.6 is 46.4 Å². The molecule has 31 heavy (non-hydrogen) atoms. The van der Waals surface area contributed by atoms with Crippen LogP contribution in [0, 0.1) is 0 Å². The second kappa shape index (κ2) is 10.2. The summed E-state index contributed by atoms with van der Waals surface area (Å²) in [5.41, 5.74) is 4.73. The number of hydrogen-bond donors (Lipinski definition) is 2. The molecule has 0 spiro atoms. The van der Waals surface area contributed by atoms with E-state index < -0.39 is 0 Å². The predicted molar refractivity (Wildman–Crippen MR) is 129 cm³/mol. The van der Waals surface area contributed by atoms with Gasteiger partial charge in [-0.3, -0.25) is 9.15 Å². The van der Waals surface area contributed by atoms with Gasteiger partial charge in [-0.2, -0.15) is 0 Å². The molecule has 3 aromatic carbocycles. The normalized spacial score (nSPS) is 12.4. The van der Waals surface area contributed by atoms with Gasteiger partial charge < -0.3 is 10.6 Å². The van der Waals surface area contributed by atoms with Crippen molar-refractivity contribution in [3.8, 4) is 0 Å². The summed E-state index contributed by atoms with van der Waals surface area (Å²) >= 11 is 24.5. The number of fused-ring (bicyclic) bond motifs is 1. The van der Waals surface area contributed by atoms with Crippen LogP contribution in [-0.2, 0) is 6.54 Å². The third-order valence-corrected chi connectivity index (χ3v) is 6.59. The maximum Gasteiger partial charge on any atom is 0.226 e. The zero-order valence-electron chi connectivity index (χ0n) is 16.4. The van der Waals surface area contributed by atoms with Crippen molar-refractivity contribution in [3.05, 3.63) is 85.8 Å². The van der Waals surface area contributed by atoms with Crippen molar-refractivity contribution in [2.24, 2.45) is 0 Å². The van der Waals surface area contributed by atoms with Crippen LogP contribution in [0.4, 0.5) is 5.69 Å². The number of hydrogen-bond acceptors (Lipinski definition) is 4. The molecule has 0 aliphatic rings. The van der Waals surface area contributed by atoms with Gasteiger partial charge in [-0.05, 0) is 66.6 Å². The zero-order chi connectivity index (χ0) is 21.8. The number of nitrogens with one attached hydrogen (secondary N) is 2. The molecule has 0 bridgehead atoms. The number of anilines is 1. The quantitative estimate of drug-likeness (QED) is 0.181. The zero-order valence-corrected chi connectivity index (χ0v) is 19.5. The van der Waals surface area contributed by atoms with Gasteiger partial charge in [0.15, 0.2) is 0 Å². The van der Waals surface area contributed by atoms with E-state index >= 15 is 0 Å². The average Bonchev–Trinajstić information content (AvgIpc) is 2.74. The fraction of sp³-hybridized carbons (Fsp3) is 0.217. The lowest BCUT2D eigenvalue weighted by atomic mass is 9.95. The van der Waals surface area contributed by atoms with Gasteiger partial charge in [0.1, 0.15) is 0 Å². The average molecular weight is 498 g/mol. The van der Waals surface area contributed by atoms with Gasteiger partial charge in [-0.1, -0.05) is 58.5 Å². The summed E-state index contributed by atoms with van der Waals surface area (Å²) in [6, 6.07) is 17.2. The van der Waals surface area contributed by atoms with Gasteiger partial charge in [0.2, 0.25) is 11.2 Å². The van der Waals surface area contributed by atoms with Gasteiger partial charge in [0.05, 0.1) is 20.1 Å². The molecule has 1 aromatic heterocycles. The fourth-order valence-corrected chi connectivity index (χ4v) is 3.97. The Morgan fingerprint density at radius 1 is 0.742 bits per heavy atom. The first kappa shape index (κ1) is 22.4. The smallest absolute Gasteiger partial charge is 0.226 e. The highest BCUT2D eigenvalue weighted by Crippen LogP contribution is 2.30. The fourth-order valence-electron chi connectivity index (χ4n) is 3.36. The maximum absolute atomic E-state index is 6.27. The lowest BCUT2D eigenvalue weighted by Gasteiger charge is -2.20. The Morgan fingerprint density at radius 2 is 1.48 bits per heavy atom. The first-order valence-corrected chi connectivity index (χ1v) is 11.3. The summed E-state index contributed by atoms with van der Waals surface area (Å²) in [6.07, 6.45) is 0.900. The van der Waals surface area contributed by atoms with Crippen LogP contribution in [0.15, 0.2) is 63.8 Å². The molecular weight excluding hydrogens is 478 g/mol. The van der Waals surface area contributed by atoms with E-state index in [-0.39, 0.29) is 5.92 Å². The molecule has 0 radical (unpaired) electrons. The first-order valence-electron chi connectivity index (χ1n) is 9.81. The van der Waals surface area contributed by atoms with E-state index in [0.717, 1.165) is 47.5 Å². The van der Waals surface area contributed by atoms with E-state index in [1.54, 1.807) is 6.07 Å². The van der Waals surface area contributed by atoms with Crippen molar-refractivity contribution in [1.29, 1.82) is 0 Å². The molecular formula is C23H20Cl4N2O2. The summed E-state index contributed by atoms with van der Waals surface area (Å²) in [6.45, 7) is 2.27.